The fraction of sp³-hybridized carbons (Fsp3) is 0.700. The Bertz CT molecular complexity index is 1100. The van der Waals surface area contributed by atoms with Crippen LogP contribution in [0, 0.1) is 0 Å². The van der Waals surface area contributed by atoms with Gasteiger partial charge in [-0.25, -0.2) is 9.78 Å². The van der Waals surface area contributed by atoms with Crippen molar-refractivity contribution in [3.05, 3.63) is 27.2 Å². The minimum atomic E-state index is -1.47. The van der Waals surface area contributed by atoms with Crippen molar-refractivity contribution in [2.45, 2.75) is 56.4 Å². The largest absolute Gasteiger partial charge is 0.391 e. The summed E-state index contributed by atoms with van der Waals surface area (Å²) in [5.74, 6) is -0.339. The number of carbonyl (C=O) groups excluding carboxylic acids is 1. The number of nitrogens with two attached hydrogens (primary N) is 2. The predicted octanol–water partition coefficient (Wildman–Crippen LogP) is -2.22. The van der Waals surface area contributed by atoms with Crippen LogP contribution in [0.2, 0.25) is 0 Å². The molecule has 3 rings (SSSR count). The summed E-state index contributed by atoms with van der Waals surface area (Å²) in [6, 6.07) is -1.55. The Morgan fingerprint density at radius 3 is 2.62 bits per heavy atom. The highest BCUT2D eigenvalue weighted by atomic mass is 16.3. The normalized spacial score (nSPS) is 25.2. The maximum atomic E-state index is 13.0. The van der Waals surface area contributed by atoms with Gasteiger partial charge in [0.25, 0.3) is 5.56 Å². The van der Waals surface area contributed by atoms with E-state index in [1.54, 1.807) is 6.92 Å². The van der Waals surface area contributed by atoms with Crippen LogP contribution < -0.4 is 22.7 Å². The molecule has 2 aromatic heterocycles. The van der Waals surface area contributed by atoms with Gasteiger partial charge in [0.15, 0.2) is 11.2 Å². The third-order valence-electron chi connectivity index (χ3n) is 6.30. The number of aliphatic hydroxyl groups is 2. The predicted molar refractivity (Wildman–Crippen MR) is 118 cm³/mol. The molecule has 1 saturated heterocycles. The summed E-state index contributed by atoms with van der Waals surface area (Å²) in [6.45, 7) is 2.10. The van der Waals surface area contributed by atoms with Crippen molar-refractivity contribution in [3.63, 3.8) is 0 Å². The van der Waals surface area contributed by atoms with E-state index in [9.17, 15) is 24.6 Å². The minimum Gasteiger partial charge on any atom is -0.391 e. The fourth-order valence-electron chi connectivity index (χ4n) is 4.45. The standard InChI is InChI=1S/C20H33N7O5/c1-20(32)8-12(28)9-26(17(29)13(22)6-4-5-7-21)10-14(20)27-11-23-16-15(27)18(30)25(3)19(31)24(16)2/h11-14,28,32H,4-10,21-22H2,1-3H3/t12-,13+,14+,20+/m1/s1. The molecule has 0 aliphatic carbocycles. The lowest BCUT2D eigenvalue weighted by Gasteiger charge is -2.34. The first-order valence-electron chi connectivity index (χ1n) is 10.8. The zero-order chi connectivity index (χ0) is 23.8. The zero-order valence-electron chi connectivity index (χ0n) is 18.8. The lowest BCUT2D eigenvalue weighted by atomic mass is 9.91. The highest BCUT2D eigenvalue weighted by Crippen LogP contribution is 2.33. The summed E-state index contributed by atoms with van der Waals surface area (Å²) in [6.07, 6.45) is 2.31. The summed E-state index contributed by atoms with van der Waals surface area (Å²) < 4.78 is 3.72. The van der Waals surface area contributed by atoms with E-state index in [-0.39, 0.29) is 36.6 Å². The van der Waals surface area contributed by atoms with E-state index in [0.717, 1.165) is 11.0 Å². The smallest absolute Gasteiger partial charge is 0.332 e. The topological polar surface area (TPSA) is 175 Å². The maximum Gasteiger partial charge on any atom is 0.332 e. The molecule has 1 aliphatic rings. The van der Waals surface area contributed by atoms with Crippen LogP contribution >= 0.6 is 0 Å². The molecule has 178 valence electrons. The molecule has 1 aliphatic heterocycles. The summed E-state index contributed by atoms with van der Waals surface area (Å²) in [7, 11) is 2.87. The molecule has 12 nitrogen and oxygen atoms in total. The number of aliphatic hydroxyl groups excluding tert-OH is 1. The first kappa shape index (κ1) is 24.1. The summed E-state index contributed by atoms with van der Waals surface area (Å²) in [5.41, 5.74) is 9.38. The molecule has 3 heterocycles. The van der Waals surface area contributed by atoms with Gasteiger partial charge in [0.1, 0.15) is 0 Å². The van der Waals surface area contributed by atoms with E-state index in [0.29, 0.717) is 19.4 Å². The Balaban J connectivity index is 2.04. The number of imidazole rings is 1. The number of likely N-dealkylation sites (tertiary alicyclic amines) is 1. The van der Waals surface area contributed by atoms with Crippen molar-refractivity contribution in [3.8, 4) is 0 Å². The molecule has 0 unspecified atom stereocenters. The lowest BCUT2D eigenvalue weighted by molar-refractivity contribution is -0.134. The van der Waals surface area contributed by atoms with E-state index in [2.05, 4.69) is 4.98 Å². The number of hydrogen-bond donors (Lipinski definition) is 4. The summed E-state index contributed by atoms with van der Waals surface area (Å²) in [5, 5.41) is 21.7. The average Bonchev–Trinajstić information content (AvgIpc) is 3.12. The number of carbonyl (C=O) groups is 1. The number of unbranched alkanes of at least 4 members (excludes halogenated alkanes) is 1. The fourth-order valence-corrected chi connectivity index (χ4v) is 4.45. The third-order valence-corrected chi connectivity index (χ3v) is 6.30. The molecule has 12 heteroatoms. The molecule has 4 atom stereocenters. The number of amides is 1. The molecule has 0 spiro atoms. The average molecular weight is 452 g/mol. The van der Waals surface area contributed by atoms with Crippen LogP contribution in [0.5, 0.6) is 0 Å². The second-order valence-corrected chi connectivity index (χ2v) is 8.89. The number of aryl methyl sites for hydroxylation is 1. The van der Waals surface area contributed by atoms with Crippen molar-refractivity contribution in [2.24, 2.45) is 25.6 Å². The van der Waals surface area contributed by atoms with Crippen LogP contribution in [0.15, 0.2) is 15.9 Å². The Labute approximate surface area is 185 Å². The first-order valence-corrected chi connectivity index (χ1v) is 10.8. The molecular weight excluding hydrogens is 418 g/mol. The maximum absolute atomic E-state index is 13.0. The molecule has 32 heavy (non-hydrogen) atoms. The Kier molecular flexibility index (Phi) is 6.89. The first-order chi connectivity index (χ1) is 15.0. The third kappa shape index (κ3) is 4.35. The Morgan fingerprint density at radius 2 is 1.97 bits per heavy atom. The monoisotopic (exact) mass is 451 g/mol. The van der Waals surface area contributed by atoms with Crippen LogP contribution in [-0.4, -0.2) is 77.1 Å². The highest BCUT2D eigenvalue weighted by molar-refractivity contribution is 5.81. The molecule has 1 amide bonds. The number of nitrogens with zero attached hydrogens (tertiary/aromatic N) is 5. The molecule has 2 aromatic rings. The zero-order valence-corrected chi connectivity index (χ0v) is 18.8. The van der Waals surface area contributed by atoms with Crippen molar-refractivity contribution in [1.29, 1.82) is 0 Å². The lowest BCUT2D eigenvalue weighted by Crippen LogP contribution is -2.48. The second-order valence-electron chi connectivity index (χ2n) is 8.89. The van der Waals surface area contributed by atoms with E-state index >= 15 is 0 Å². The van der Waals surface area contributed by atoms with E-state index in [1.165, 1.54) is 34.5 Å². The number of β-amino-alcohol motifs (C(OH)–C–C–N with tert-alkyl or cyclic N) is 1. The van der Waals surface area contributed by atoms with E-state index in [4.69, 9.17) is 11.5 Å². The Hall–Kier alpha value is -2.54. The van der Waals surface area contributed by atoms with Gasteiger partial charge in [-0.15, -0.1) is 0 Å². The molecule has 0 radical (unpaired) electrons. The van der Waals surface area contributed by atoms with Crippen LogP contribution in [0.4, 0.5) is 0 Å². The van der Waals surface area contributed by atoms with Gasteiger partial charge < -0.3 is 31.1 Å². The van der Waals surface area contributed by atoms with Crippen LogP contribution in [-0.2, 0) is 18.9 Å². The number of aromatic nitrogens is 4. The highest BCUT2D eigenvalue weighted by Gasteiger charge is 2.42. The Morgan fingerprint density at radius 1 is 1.28 bits per heavy atom. The molecular formula is C20H33N7O5. The van der Waals surface area contributed by atoms with Gasteiger partial charge in [0.05, 0.1) is 30.1 Å². The number of hydrogen-bond acceptors (Lipinski definition) is 8. The molecule has 0 saturated carbocycles. The van der Waals surface area contributed by atoms with E-state index < -0.39 is 35.0 Å². The van der Waals surface area contributed by atoms with Gasteiger partial charge in [0.2, 0.25) is 5.91 Å². The summed E-state index contributed by atoms with van der Waals surface area (Å²) in [4.78, 5) is 43.9. The molecule has 1 fully saturated rings. The van der Waals surface area contributed by atoms with Crippen molar-refractivity contribution in [2.75, 3.05) is 19.6 Å². The van der Waals surface area contributed by atoms with Crippen molar-refractivity contribution >= 4 is 17.1 Å². The van der Waals surface area contributed by atoms with Crippen LogP contribution in [0.25, 0.3) is 11.2 Å². The molecule has 0 aromatic carbocycles. The molecule has 0 bridgehead atoms. The molecule has 6 N–H and O–H groups in total. The SMILES string of the molecule is Cn1c(=O)c2c(ncn2[C@H]2CN(C(=O)[C@@H](N)CCCCN)C[C@H](O)C[C@]2(C)O)n(C)c1=O. The number of fused-ring (bicyclic) bond motifs is 1. The van der Waals surface area contributed by atoms with Gasteiger partial charge in [0, 0.05) is 33.6 Å². The quantitative estimate of drug-likeness (QED) is 0.357. The number of rotatable bonds is 6. The van der Waals surface area contributed by atoms with Gasteiger partial charge in [-0.2, -0.15) is 0 Å². The summed E-state index contributed by atoms with van der Waals surface area (Å²) >= 11 is 0. The minimum absolute atomic E-state index is 0.0131. The van der Waals surface area contributed by atoms with Crippen molar-refractivity contribution < 1.29 is 15.0 Å². The van der Waals surface area contributed by atoms with Gasteiger partial charge in [-0.3, -0.25) is 18.7 Å². The van der Waals surface area contributed by atoms with Crippen LogP contribution in [0.1, 0.15) is 38.6 Å². The van der Waals surface area contributed by atoms with Crippen LogP contribution in [0.3, 0.4) is 0 Å². The van der Waals surface area contributed by atoms with Gasteiger partial charge >= 0.3 is 5.69 Å². The second kappa shape index (κ2) is 9.14. The van der Waals surface area contributed by atoms with Gasteiger partial charge in [-0.05, 0) is 26.3 Å². The van der Waals surface area contributed by atoms with Gasteiger partial charge in [-0.1, -0.05) is 6.42 Å². The van der Waals surface area contributed by atoms with Crippen molar-refractivity contribution in [1.82, 2.24) is 23.6 Å². The van der Waals surface area contributed by atoms with E-state index in [1.807, 2.05) is 0 Å².